The summed E-state index contributed by atoms with van der Waals surface area (Å²) in [5.41, 5.74) is 4.80. The van der Waals surface area contributed by atoms with Crippen molar-refractivity contribution in [3.63, 3.8) is 0 Å². The first-order valence-corrected chi connectivity index (χ1v) is 8.54. The number of nitrogens with zero attached hydrogens (tertiary/aromatic N) is 2. The fraction of sp³-hybridized carbons (Fsp3) is 0.250. The Morgan fingerprint density at radius 1 is 1.22 bits per heavy atom. The van der Waals surface area contributed by atoms with Gasteiger partial charge in [0.25, 0.3) is 11.8 Å². The number of amides is 2. The molecular formula is C20H21N3O4. The molecule has 2 aromatic rings. The molecule has 0 fully saturated rings. The summed E-state index contributed by atoms with van der Waals surface area (Å²) in [5.74, 6) is 0.715. The van der Waals surface area contributed by atoms with Crippen molar-refractivity contribution in [3.8, 4) is 11.5 Å². The smallest absolute Gasteiger partial charge is 0.265 e. The van der Waals surface area contributed by atoms with Gasteiger partial charge in [0.05, 0.1) is 12.8 Å². The van der Waals surface area contributed by atoms with Gasteiger partial charge in [-0.1, -0.05) is 30.3 Å². The Kier molecular flexibility index (Phi) is 5.71. The van der Waals surface area contributed by atoms with Crippen LogP contribution in [0.3, 0.4) is 0 Å². The summed E-state index contributed by atoms with van der Waals surface area (Å²) in [6.45, 7) is 1.62. The summed E-state index contributed by atoms with van der Waals surface area (Å²) in [6.07, 6.45) is 0.545. The van der Waals surface area contributed by atoms with Gasteiger partial charge in [-0.3, -0.25) is 14.5 Å². The largest absolute Gasteiger partial charge is 0.496 e. The number of ether oxygens (including phenoxy) is 2. The highest BCUT2D eigenvalue weighted by molar-refractivity contribution is 6.02. The van der Waals surface area contributed by atoms with Crippen molar-refractivity contribution in [3.05, 3.63) is 54.1 Å². The van der Waals surface area contributed by atoms with Gasteiger partial charge in [-0.15, -0.1) is 0 Å². The Morgan fingerprint density at radius 2 is 1.96 bits per heavy atom. The van der Waals surface area contributed by atoms with Crippen LogP contribution in [-0.2, 0) is 16.0 Å². The minimum absolute atomic E-state index is 0.0829. The molecule has 1 aliphatic rings. The number of nitrogens with one attached hydrogen (secondary N) is 1. The Morgan fingerprint density at radius 3 is 2.78 bits per heavy atom. The summed E-state index contributed by atoms with van der Waals surface area (Å²) in [7, 11) is 1.62. The maximum Gasteiger partial charge on any atom is 0.265 e. The molecule has 0 spiro atoms. The number of anilines is 1. The zero-order valence-corrected chi connectivity index (χ0v) is 15.3. The third-order valence-electron chi connectivity index (χ3n) is 4.12. The molecule has 0 unspecified atom stereocenters. The first-order chi connectivity index (χ1) is 13.1. The number of hydrogen-bond donors (Lipinski definition) is 1. The summed E-state index contributed by atoms with van der Waals surface area (Å²) in [5, 5.41) is 4.13. The first-order valence-electron chi connectivity index (χ1n) is 8.54. The number of hydrazone groups is 1. The number of carbonyl (C=O) groups is 2. The number of benzene rings is 2. The number of hydrogen-bond acceptors (Lipinski definition) is 5. The quantitative estimate of drug-likeness (QED) is 0.627. The fourth-order valence-electron chi connectivity index (χ4n) is 2.83. The average molecular weight is 367 g/mol. The molecular weight excluding hydrogens is 346 g/mol. The molecule has 7 nitrogen and oxygen atoms in total. The van der Waals surface area contributed by atoms with Crippen LogP contribution in [0.4, 0.5) is 5.69 Å². The van der Waals surface area contributed by atoms with Crippen LogP contribution in [0.15, 0.2) is 53.6 Å². The van der Waals surface area contributed by atoms with Crippen molar-refractivity contribution >= 4 is 23.2 Å². The van der Waals surface area contributed by atoms with Crippen molar-refractivity contribution in [1.29, 1.82) is 0 Å². The lowest BCUT2D eigenvalue weighted by atomic mass is 10.1. The third kappa shape index (κ3) is 4.44. The Hall–Kier alpha value is -3.35. The molecule has 140 valence electrons. The van der Waals surface area contributed by atoms with E-state index in [-0.39, 0.29) is 25.0 Å². The van der Waals surface area contributed by atoms with E-state index in [0.717, 1.165) is 17.0 Å². The van der Waals surface area contributed by atoms with E-state index in [0.29, 0.717) is 17.9 Å². The molecule has 0 atom stereocenters. The van der Waals surface area contributed by atoms with Crippen LogP contribution in [0.2, 0.25) is 0 Å². The van der Waals surface area contributed by atoms with Crippen LogP contribution in [0.25, 0.3) is 0 Å². The Labute approximate surface area is 157 Å². The third-order valence-corrected chi connectivity index (χ3v) is 4.12. The van der Waals surface area contributed by atoms with Crippen LogP contribution in [0.5, 0.6) is 11.5 Å². The highest BCUT2D eigenvalue weighted by Gasteiger charge is 2.26. The molecule has 0 bridgehead atoms. The van der Waals surface area contributed by atoms with Crippen molar-refractivity contribution in [2.45, 2.75) is 13.3 Å². The molecule has 1 aliphatic heterocycles. The van der Waals surface area contributed by atoms with Gasteiger partial charge in [-0.05, 0) is 30.7 Å². The lowest BCUT2D eigenvalue weighted by molar-refractivity contribution is -0.125. The van der Waals surface area contributed by atoms with Crippen LogP contribution < -0.4 is 19.8 Å². The number of fused-ring (bicyclic) bond motifs is 1. The van der Waals surface area contributed by atoms with Crippen molar-refractivity contribution < 1.29 is 19.1 Å². The molecule has 0 radical (unpaired) electrons. The monoisotopic (exact) mass is 367 g/mol. The van der Waals surface area contributed by atoms with Gasteiger partial charge >= 0.3 is 0 Å². The molecule has 3 rings (SSSR count). The second-order valence-corrected chi connectivity index (χ2v) is 6.11. The molecule has 1 N–H and O–H groups in total. The maximum atomic E-state index is 12.3. The van der Waals surface area contributed by atoms with E-state index in [1.54, 1.807) is 25.3 Å². The fourth-order valence-corrected chi connectivity index (χ4v) is 2.83. The van der Waals surface area contributed by atoms with Gasteiger partial charge in [0.1, 0.15) is 18.0 Å². The van der Waals surface area contributed by atoms with Crippen molar-refractivity contribution in [1.82, 2.24) is 5.43 Å². The minimum atomic E-state index is -0.376. The van der Waals surface area contributed by atoms with E-state index in [1.165, 1.54) is 4.90 Å². The Bertz CT molecular complexity index is 879. The van der Waals surface area contributed by atoms with Gasteiger partial charge in [-0.2, -0.15) is 5.10 Å². The van der Waals surface area contributed by atoms with E-state index in [2.05, 4.69) is 10.5 Å². The van der Waals surface area contributed by atoms with Crippen LogP contribution in [0, 0.1) is 0 Å². The van der Waals surface area contributed by atoms with E-state index in [1.807, 2.05) is 37.3 Å². The molecule has 0 aromatic heterocycles. The zero-order chi connectivity index (χ0) is 19.2. The van der Waals surface area contributed by atoms with Gasteiger partial charge in [0.2, 0.25) is 0 Å². The zero-order valence-electron chi connectivity index (χ0n) is 15.3. The summed E-state index contributed by atoms with van der Waals surface area (Å²) in [4.78, 5) is 25.8. The first kappa shape index (κ1) is 18.4. The predicted octanol–water partition coefficient (Wildman–Crippen LogP) is 2.16. The number of methoxy groups -OCH3 is 1. The van der Waals surface area contributed by atoms with E-state index in [4.69, 9.17) is 9.47 Å². The molecule has 0 saturated heterocycles. The second-order valence-electron chi connectivity index (χ2n) is 6.11. The van der Waals surface area contributed by atoms with E-state index in [9.17, 15) is 9.59 Å². The van der Waals surface area contributed by atoms with Crippen LogP contribution in [-0.4, -0.2) is 37.8 Å². The highest BCUT2D eigenvalue weighted by atomic mass is 16.5. The number of rotatable bonds is 6. The lowest BCUT2D eigenvalue weighted by Crippen LogP contribution is -2.44. The van der Waals surface area contributed by atoms with Gasteiger partial charge in [-0.25, -0.2) is 5.43 Å². The van der Waals surface area contributed by atoms with Crippen molar-refractivity contribution in [2.75, 3.05) is 25.2 Å². The minimum Gasteiger partial charge on any atom is -0.496 e. The molecule has 0 saturated carbocycles. The summed E-state index contributed by atoms with van der Waals surface area (Å²) >= 11 is 0. The average Bonchev–Trinajstić information content (AvgIpc) is 2.69. The number of para-hydroxylation sites is 3. The highest BCUT2D eigenvalue weighted by Crippen LogP contribution is 2.31. The van der Waals surface area contributed by atoms with Gasteiger partial charge in [0, 0.05) is 12.1 Å². The van der Waals surface area contributed by atoms with Gasteiger partial charge in [0.15, 0.2) is 6.61 Å². The van der Waals surface area contributed by atoms with E-state index < -0.39 is 0 Å². The normalized spacial score (nSPS) is 13.6. The van der Waals surface area contributed by atoms with E-state index >= 15 is 0 Å². The maximum absolute atomic E-state index is 12.3. The summed E-state index contributed by atoms with van der Waals surface area (Å²) < 4.78 is 10.7. The lowest BCUT2D eigenvalue weighted by Gasteiger charge is -2.28. The molecule has 27 heavy (non-hydrogen) atoms. The van der Waals surface area contributed by atoms with Crippen LogP contribution in [0.1, 0.15) is 12.5 Å². The second kappa shape index (κ2) is 8.35. The summed E-state index contributed by atoms with van der Waals surface area (Å²) in [6, 6.07) is 14.8. The molecule has 7 heteroatoms. The predicted molar refractivity (Wildman–Crippen MR) is 102 cm³/mol. The molecule has 1 heterocycles. The molecule has 2 amide bonds. The SMILES string of the molecule is COc1ccccc1C/C(C)=N\NC(=O)CN1C(=O)COc2ccccc21. The van der Waals surface area contributed by atoms with Crippen LogP contribution >= 0.6 is 0 Å². The molecule has 0 aliphatic carbocycles. The standard InChI is InChI=1S/C20H21N3O4/c1-14(11-15-7-3-5-9-17(15)26-2)21-22-19(24)12-23-16-8-4-6-10-18(16)27-13-20(23)25/h3-10H,11-13H2,1-2H3,(H,22,24)/b21-14-. The topological polar surface area (TPSA) is 80.2 Å². The molecule has 2 aromatic carbocycles. The van der Waals surface area contributed by atoms with Crippen molar-refractivity contribution in [2.24, 2.45) is 5.10 Å². The number of carbonyl (C=O) groups excluding carboxylic acids is 2. The Balaban J connectivity index is 1.62. The van der Waals surface area contributed by atoms with Gasteiger partial charge < -0.3 is 9.47 Å².